The Labute approximate surface area is 84.4 Å². The minimum Gasteiger partial charge on any atom is -0.480 e. The second-order valence-electron chi connectivity index (χ2n) is 3.44. The van der Waals surface area contributed by atoms with Gasteiger partial charge in [-0.25, -0.2) is 0 Å². The first-order valence-corrected chi connectivity index (χ1v) is 4.51. The fraction of sp³-hybridized carbons (Fsp3) is 0.875. The van der Waals surface area contributed by atoms with Gasteiger partial charge in [-0.05, 0) is 6.42 Å². The number of carboxylic acid groups (broad SMARTS) is 1. The molecule has 2 unspecified atom stereocenters. The third-order valence-electron chi connectivity index (χ3n) is 2.22. The Bertz CT molecular complexity index is 226. The summed E-state index contributed by atoms with van der Waals surface area (Å²) in [5.41, 5.74) is 0. The van der Waals surface area contributed by atoms with Crippen molar-refractivity contribution in [2.45, 2.75) is 18.6 Å². The van der Waals surface area contributed by atoms with Crippen molar-refractivity contribution < 1.29 is 27.8 Å². The topological polar surface area (TPSA) is 58.6 Å². The van der Waals surface area contributed by atoms with Crippen molar-refractivity contribution in [1.29, 1.82) is 0 Å². The Hall–Kier alpha value is -0.820. The van der Waals surface area contributed by atoms with E-state index in [-0.39, 0.29) is 12.5 Å². The zero-order chi connectivity index (χ0) is 11.5. The molecule has 88 valence electrons. The largest absolute Gasteiger partial charge is 0.480 e. The molecule has 1 heterocycles. The van der Waals surface area contributed by atoms with Gasteiger partial charge < -0.3 is 9.84 Å². The summed E-state index contributed by atoms with van der Waals surface area (Å²) in [6, 6.07) is -1.19. The third kappa shape index (κ3) is 4.05. The van der Waals surface area contributed by atoms with Crippen LogP contribution in [0.25, 0.3) is 0 Å². The maximum atomic E-state index is 11.9. The van der Waals surface area contributed by atoms with Gasteiger partial charge in [0, 0.05) is 12.5 Å². The summed E-state index contributed by atoms with van der Waals surface area (Å²) < 4.78 is 40.6. The Morgan fingerprint density at radius 1 is 1.60 bits per heavy atom. The quantitative estimate of drug-likeness (QED) is 0.739. The van der Waals surface area contributed by atoms with Crippen LogP contribution in [-0.4, -0.2) is 43.1 Å². The van der Waals surface area contributed by atoms with E-state index >= 15 is 0 Å². The van der Waals surface area contributed by atoms with Gasteiger partial charge in [-0.1, -0.05) is 0 Å². The van der Waals surface area contributed by atoms with E-state index in [1.54, 1.807) is 0 Å². The van der Waals surface area contributed by atoms with Crippen LogP contribution < -0.4 is 5.32 Å². The first kappa shape index (κ1) is 12.3. The highest BCUT2D eigenvalue weighted by Gasteiger charge is 2.35. The SMILES string of the molecule is O=C(O)C(NCC(F)(F)F)C1CCOC1. The average molecular weight is 227 g/mol. The Balaban J connectivity index is 2.47. The van der Waals surface area contributed by atoms with Crippen molar-refractivity contribution in [1.82, 2.24) is 5.32 Å². The smallest absolute Gasteiger partial charge is 0.401 e. The predicted molar refractivity (Wildman–Crippen MR) is 44.4 cm³/mol. The molecule has 1 aliphatic heterocycles. The molecule has 1 rings (SSSR count). The summed E-state index contributed by atoms with van der Waals surface area (Å²) in [6.45, 7) is -0.690. The molecule has 2 N–H and O–H groups in total. The minimum atomic E-state index is -4.40. The van der Waals surface area contributed by atoms with Gasteiger partial charge in [0.25, 0.3) is 0 Å². The number of nitrogens with one attached hydrogen (secondary N) is 1. The molecule has 4 nitrogen and oxygen atoms in total. The van der Waals surface area contributed by atoms with E-state index in [0.29, 0.717) is 13.0 Å². The summed E-state index contributed by atoms with van der Waals surface area (Å²) in [6.07, 6.45) is -3.92. The molecule has 1 aliphatic rings. The highest BCUT2D eigenvalue weighted by molar-refractivity contribution is 5.73. The number of hydrogen-bond donors (Lipinski definition) is 2. The molecule has 0 aromatic heterocycles. The van der Waals surface area contributed by atoms with E-state index in [1.165, 1.54) is 0 Å². The van der Waals surface area contributed by atoms with Gasteiger partial charge in [-0.3, -0.25) is 10.1 Å². The number of aliphatic carboxylic acids is 1. The van der Waals surface area contributed by atoms with Crippen LogP contribution in [0, 0.1) is 5.92 Å². The normalized spacial score (nSPS) is 24.1. The van der Waals surface area contributed by atoms with Gasteiger partial charge >= 0.3 is 12.1 Å². The first-order valence-electron chi connectivity index (χ1n) is 4.51. The zero-order valence-corrected chi connectivity index (χ0v) is 7.88. The number of alkyl halides is 3. The van der Waals surface area contributed by atoms with Crippen LogP contribution in [0.2, 0.25) is 0 Å². The summed E-state index contributed by atoms with van der Waals surface area (Å²) in [5.74, 6) is -1.65. The Morgan fingerprint density at radius 2 is 2.27 bits per heavy atom. The van der Waals surface area contributed by atoms with E-state index in [1.807, 2.05) is 5.32 Å². The van der Waals surface area contributed by atoms with Gasteiger partial charge in [0.1, 0.15) is 6.04 Å². The lowest BCUT2D eigenvalue weighted by atomic mass is 9.99. The molecule has 1 fully saturated rings. The molecule has 7 heteroatoms. The Morgan fingerprint density at radius 3 is 2.67 bits per heavy atom. The number of carbonyl (C=O) groups is 1. The highest BCUT2D eigenvalue weighted by atomic mass is 19.4. The minimum absolute atomic E-state index is 0.196. The standard InChI is InChI=1S/C8H12F3NO3/c9-8(10,11)4-12-6(7(13)14)5-1-2-15-3-5/h5-6,12H,1-4H2,(H,13,14). The van der Waals surface area contributed by atoms with Crippen molar-refractivity contribution in [2.24, 2.45) is 5.92 Å². The van der Waals surface area contributed by atoms with Gasteiger partial charge in [0.05, 0.1) is 13.2 Å². The van der Waals surface area contributed by atoms with Crippen LogP contribution in [0.3, 0.4) is 0 Å². The lowest BCUT2D eigenvalue weighted by Gasteiger charge is -2.20. The van der Waals surface area contributed by atoms with Crippen molar-refractivity contribution in [2.75, 3.05) is 19.8 Å². The maximum Gasteiger partial charge on any atom is 0.401 e. The second-order valence-corrected chi connectivity index (χ2v) is 3.44. The zero-order valence-electron chi connectivity index (χ0n) is 7.88. The lowest BCUT2D eigenvalue weighted by molar-refractivity contribution is -0.145. The van der Waals surface area contributed by atoms with Gasteiger partial charge in [0.15, 0.2) is 0 Å². The average Bonchev–Trinajstić information content (AvgIpc) is 2.54. The van der Waals surface area contributed by atoms with E-state index in [2.05, 4.69) is 0 Å². The molecule has 0 radical (unpaired) electrons. The number of hydrogen-bond acceptors (Lipinski definition) is 3. The summed E-state index contributed by atoms with van der Waals surface area (Å²) >= 11 is 0. The van der Waals surface area contributed by atoms with Crippen molar-refractivity contribution in [3.05, 3.63) is 0 Å². The molecule has 1 saturated heterocycles. The molecule has 0 aromatic carbocycles. The number of carboxylic acids is 1. The fourth-order valence-electron chi connectivity index (χ4n) is 1.50. The Kier molecular flexibility index (Phi) is 3.92. The molecule has 0 aliphatic carbocycles. The predicted octanol–water partition coefficient (Wildman–Crippen LogP) is 0.628. The van der Waals surface area contributed by atoms with Crippen LogP contribution in [0.1, 0.15) is 6.42 Å². The van der Waals surface area contributed by atoms with Gasteiger partial charge in [0.2, 0.25) is 0 Å². The van der Waals surface area contributed by atoms with Crippen molar-refractivity contribution >= 4 is 5.97 Å². The van der Waals surface area contributed by atoms with Crippen molar-refractivity contribution in [3.63, 3.8) is 0 Å². The van der Waals surface area contributed by atoms with Crippen molar-refractivity contribution in [3.8, 4) is 0 Å². The molecule has 0 amide bonds. The van der Waals surface area contributed by atoms with Crippen LogP contribution >= 0.6 is 0 Å². The van der Waals surface area contributed by atoms with Crippen LogP contribution in [0.4, 0.5) is 13.2 Å². The molecule has 15 heavy (non-hydrogen) atoms. The summed E-state index contributed by atoms with van der Waals surface area (Å²) in [5, 5.41) is 10.7. The second kappa shape index (κ2) is 4.80. The van der Waals surface area contributed by atoms with Crippen LogP contribution in [0.5, 0.6) is 0 Å². The monoisotopic (exact) mass is 227 g/mol. The fourth-order valence-corrected chi connectivity index (χ4v) is 1.50. The molecule has 0 aromatic rings. The molecule has 0 saturated carbocycles. The molecular formula is C8H12F3NO3. The first-order chi connectivity index (χ1) is 6.90. The van der Waals surface area contributed by atoms with E-state index < -0.39 is 24.7 Å². The van der Waals surface area contributed by atoms with E-state index in [9.17, 15) is 18.0 Å². The number of rotatable bonds is 4. The van der Waals surface area contributed by atoms with Gasteiger partial charge in [-0.15, -0.1) is 0 Å². The maximum absolute atomic E-state index is 11.9. The van der Waals surface area contributed by atoms with Gasteiger partial charge in [-0.2, -0.15) is 13.2 Å². The molecule has 0 bridgehead atoms. The highest BCUT2D eigenvalue weighted by Crippen LogP contribution is 2.19. The van der Waals surface area contributed by atoms with Crippen LogP contribution in [0.15, 0.2) is 0 Å². The van der Waals surface area contributed by atoms with E-state index in [4.69, 9.17) is 9.84 Å². The summed E-state index contributed by atoms with van der Waals surface area (Å²) in [7, 11) is 0. The van der Waals surface area contributed by atoms with E-state index in [0.717, 1.165) is 0 Å². The molecular weight excluding hydrogens is 215 g/mol. The molecule has 2 atom stereocenters. The third-order valence-corrected chi connectivity index (χ3v) is 2.22. The molecule has 0 spiro atoms. The lowest BCUT2D eigenvalue weighted by Crippen LogP contribution is -2.46. The number of ether oxygens (including phenoxy) is 1. The van der Waals surface area contributed by atoms with Crippen LogP contribution in [-0.2, 0) is 9.53 Å². The number of halogens is 3. The summed E-state index contributed by atoms with van der Waals surface area (Å²) in [4.78, 5) is 10.7.